The van der Waals surface area contributed by atoms with E-state index in [9.17, 15) is 23.1 Å². The normalized spacial score (nSPS) is 24.5. The van der Waals surface area contributed by atoms with Crippen LogP contribution in [0.5, 0.6) is 0 Å². The van der Waals surface area contributed by atoms with Crippen molar-refractivity contribution in [2.24, 2.45) is 17.8 Å². The summed E-state index contributed by atoms with van der Waals surface area (Å²) in [6.07, 6.45) is 10.3. The fourth-order valence-corrected chi connectivity index (χ4v) is 7.15. The van der Waals surface area contributed by atoms with Crippen molar-refractivity contribution in [3.8, 4) is 0 Å². The van der Waals surface area contributed by atoms with Gasteiger partial charge in [0.15, 0.2) is 6.10 Å². The van der Waals surface area contributed by atoms with Crippen molar-refractivity contribution in [3.05, 3.63) is 40.6 Å². The minimum Gasteiger partial charge on any atom is -0.511 e. The highest BCUT2D eigenvalue weighted by atomic mass is 35.5. The number of rotatable bonds is 9. The Bertz CT molecular complexity index is 1070. The number of aliphatic hydroxyl groups excluding tert-OH is 1. The predicted octanol–water partition coefficient (Wildman–Crippen LogP) is 5.48. The molecule has 3 fully saturated rings. The third kappa shape index (κ3) is 6.50. The minimum atomic E-state index is -3.76. The van der Waals surface area contributed by atoms with Crippen LogP contribution in [-0.4, -0.2) is 37.9 Å². The molecule has 9 heteroatoms. The Labute approximate surface area is 218 Å². The summed E-state index contributed by atoms with van der Waals surface area (Å²) in [4.78, 5) is 26.0. The predicted molar refractivity (Wildman–Crippen MR) is 137 cm³/mol. The summed E-state index contributed by atoms with van der Waals surface area (Å²) in [5, 5.41) is 11.7. The Hall–Kier alpha value is -1.90. The van der Waals surface area contributed by atoms with Gasteiger partial charge < -0.3 is 9.84 Å². The van der Waals surface area contributed by atoms with Gasteiger partial charge in [0.25, 0.3) is 0 Å². The number of nitrogens with one attached hydrogen (secondary N) is 1. The van der Waals surface area contributed by atoms with Gasteiger partial charge >= 0.3 is 5.97 Å². The van der Waals surface area contributed by atoms with Crippen molar-refractivity contribution in [1.82, 2.24) is 4.72 Å². The van der Waals surface area contributed by atoms with Crippen LogP contribution in [0.1, 0.15) is 77.0 Å². The highest BCUT2D eigenvalue weighted by Crippen LogP contribution is 2.38. The van der Waals surface area contributed by atoms with Crippen LogP contribution >= 0.6 is 11.6 Å². The molecule has 7 nitrogen and oxygen atoms in total. The molecule has 2 N–H and O–H groups in total. The molecule has 198 valence electrons. The number of Topliss-reactive ketones (excluding diaryl/α,β-unsaturated/α-hetero) is 1. The van der Waals surface area contributed by atoms with Crippen molar-refractivity contribution < 1.29 is 27.9 Å². The van der Waals surface area contributed by atoms with Crippen LogP contribution in [0.3, 0.4) is 0 Å². The number of esters is 1. The van der Waals surface area contributed by atoms with Crippen LogP contribution in [-0.2, 0) is 24.3 Å². The number of benzene rings is 1. The molecule has 0 radical (unpaired) electrons. The van der Waals surface area contributed by atoms with Crippen LogP contribution in [0.15, 0.2) is 40.5 Å². The van der Waals surface area contributed by atoms with Crippen LogP contribution in [0.25, 0.3) is 0 Å². The van der Waals surface area contributed by atoms with E-state index in [1.165, 1.54) is 30.7 Å². The molecular formula is C27H36ClNO6S. The molecule has 2 aliphatic carbocycles. The topological polar surface area (TPSA) is 110 Å². The number of hydrogen-bond acceptors (Lipinski definition) is 6. The SMILES string of the molecule is O=C1OC(CC2CCCCC2)C(=O)C1=C(O)C(CCNS(=O)(=O)c1ccc(Cl)cc1)C1CCCCC1. The van der Waals surface area contributed by atoms with Crippen LogP contribution in [0.4, 0.5) is 0 Å². The molecule has 1 aromatic rings. The molecule has 1 aromatic carbocycles. The van der Waals surface area contributed by atoms with Crippen molar-refractivity contribution in [1.29, 1.82) is 0 Å². The van der Waals surface area contributed by atoms with Gasteiger partial charge in [0, 0.05) is 17.5 Å². The average Bonchev–Trinajstić information content (AvgIpc) is 3.15. The Morgan fingerprint density at radius 3 is 2.25 bits per heavy atom. The first-order valence-corrected chi connectivity index (χ1v) is 15.1. The number of allylic oxidation sites excluding steroid dienone is 1. The zero-order valence-electron chi connectivity index (χ0n) is 20.6. The Morgan fingerprint density at radius 2 is 1.61 bits per heavy atom. The van der Waals surface area contributed by atoms with E-state index in [0.29, 0.717) is 17.4 Å². The fourth-order valence-electron chi connectivity index (χ4n) is 5.98. The number of sulfonamides is 1. The number of aliphatic hydroxyl groups is 1. The highest BCUT2D eigenvalue weighted by Gasteiger charge is 2.44. The Balaban J connectivity index is 1.49. The Kier molecular flexibility index (Phi) is 9.12. The standard InChI is InChI=1S/C27H36ClNO6S/c28-20-11-13-21(14-12-20)36(33,34)29-16-15-22(19-9-5-2-6-10-19)25(30)24-26(31)23(35-27(24)32)17-18-7-3-1-4-8-18/h11-14,18-19,22-23,29-30H,1-10,15-17H2. The molecule has 2 atom stereocenters. The highest BCUT2D eigenvalue weighted by molar-refractivity contribution is 7.89. The van der Waals surface area contributed by atoms with E-state index in [4.69, 9.17) is 16.3 Å². The molecule has 4 rings (SSSR count). The average molecular weight is 538 g/mol. The van der Waals surface area contributed by atoms with E-state index in [-0.39, 0.29) is 35.1 Å². The van der Waals surface area contributed by atoms with Crippen LogP contribution < -0.4 is 4.72 Å². The van der Waals surface area contributed by atoms with E-state index in [2.05, 4.69) is 4.72 Å². The second-order valence-electron chi connectivity index (χ2n) is 10.4. The molecule has 36 heavy (non-hydrogen) atoms. The fraction of sp³-hybridized carbons (Fsp3) is 0.630. The van der Waals surface area contributed by atoms with Gasteiger partial charge in [-0.25, -0.2) is 17.9 Å². The molecule has 2 saturated carbocycles. The number of ketones is 1. The lowest BCUT2D eigenvalue weighted by Crippen LogP contribution is -2.30. The van der Waals surface area contributed by atoms with Gasteiger partial charge in [0.2, 0.25) is 15.8 Å². The Morgan fingerprint density at radius 1 is 1.00 bits per heavy atom. The molecule has 0 aromatic heterocycles. The second kappa shape index (κ2) is 12.1. The summed E-state index contributed by atoms with van der Waals surface area (Å²) < 4.78 is 33.4. The molecule has 1 aliphatic heterocycles. The van der Waals surface area contributed by atoms with E-state index >= 15 is 0 Å². The maximum absolute atomic E-state index is 13.2. The number of hydrogen-bond donors (Lipinski definition) is 2. The van der Waals surface area contributed by atoms with E-state index in [1.54, 1.807) is 0 Å². The zero-order valence-corrected chi connectivity index (χ0v) is 22.2. The lowest BCUT2D eigenvalue weighted by atomic mass is 9.76. The second-order valence-corrected chi connectivity index (χ2v) is 12.6. The van der Waals surface area contributed by atoms with Crippen LogP contribution in [0.2, 0.25) is 5.02 Å². The van der Waals surface area contributed by atoms with Gasteiger partial charge in [0.05, 0.1) is 4.90 Å². The van der Waals surface area contributed by atoms with E-state index in [1.807, 2.05) is 0 Å². The largest absolute Gasteiger partial charge is 0.511 e. The minimum absolute atomic E-state index is 0.0677. The number of ether oxygens (including phenoxy) is 1. The maximum Gasteiger partial charge on any atom is 0.346 e. The van der Waals surface area contributed by atoms with Crippen molar-refractivity contribution >= 4 is 33.4 Å². The first-order chi connectivity index (χ1) is 17.3. The molecule has 2 unspecified atom stereocenters. The lowest BCUT2D eigenvalue weighted by Gasteiger charge is -2.30. The molecule has 0 amide bonds. The molecule has 1 heterocycles. The number of cyclic esters (lactones) is 1. The van der Waals surface area contributed by atoms with Gasteiger partial charge in [0.1, 0.15) is 11.3 Å². The summed E-state index contributed by atoms with van der Waals surface area (Å²) in [5.74, 6) is -1.46. The molecule has 0 bridgehead atoms. The number of carbonyl (C=O) groups excluding carboxylic acids is 2. The third-order valence-electron chi connectivity index (χ3n) is 7.96. The summed E-state index contributed by atoms with van der Waals surface area (Å²) >= 11 is 5.87. The van der Waals surface area contributed by atoms with E-state index in [0.717, 1.165) is 57.8 Å². The van der Waals surface area contributed by atoms with Crippen LogP contribution in [0, 0.1) is 17.8 Å². The quantitative estimate of drug-likeness (QED) is 0.187. The summed E-state index contributed by atoms with van der Waals surface area (Å²) in [6, 6.07) is 5.89. The van der Waals surface area contributed by atoms with Crippen molar-refractivity contribution in [2.45, 2.75) is 88.0 Å². The van der Waals surface area contributed by atoms with Gasteiger partial charge in [-0.05, 0) is 61.8 Å². The summed E-state index contributed by atoms with van der Waals surface area (Å²) in [7, 11) is -3.76. The lowest BCUT2D eigenvalue weighted by molar-refractivity contribution is -0.141. The number of halogens is 1. The van der Waals surface area contributed by atoms with Gasteiger partial charge in [-0.3, -0.25) is 4.79 Å². The monoisotopic (exact) mass is 537 g/mol. The molecule has 0 spiro atoms. The summed E-state index contributed by atoms with van der Waals surface area (Å²) in [5.41, 5.74) is -0.230. The molecule has 3 aliphatic rings. The van der Waals surface area contributed by atoms with Gasteiger partial charge in [-0.15, -0.1) is 0 Å². The molecule has 1 saturated heterocycles. The third-order valence-corrected chi connectivity index (χ3v) is 9.69. The summed E-state index contributed by atoms with van der Waals surface area (Å²) in [6.45, 7) is 0.0677. The smallest absolute Gasteiger partial charge is 0.346 e. The molecular weight excluding hydrogens is 502 g/mol. The van der Waals surface area contributed by atoms with Gasteiger partial charge in [-0.1, -0.05) is 63.0 Å². The van der Waals surface area contributed by atoms with Crippen molar-refractivity contribution in [2.75, 3.05) is 6.54 Å². The van der Waals surface area contributed by atoms with Gasteiger partial charge in [-0.2, -0.15) is 0 Å². The number of carbonyl (C=O) groups is 2. The maximum atomic E-state index is 13.2. The first kappa shape index (κ1) is 27.1. The van der Waals surface area contributed by atoms with E-state index < -0.39 is 33.8 Å². The van der Waals surface area contributed by atoms with Crippen molar-refractivity contribution in [3.63, 3.8) is 0 Å². The zero-order chi connectivity index (χ0) is 25.7. The first-order valence-electron chi connectivity index (χ1n) is 13.2.